The van der Waals surface area contributed by atoms with E-state index in [9.17, 15) is 14.5 Å². The molecule has 1 rings (SSSR count). The fourth-order valence-electron chi connectivity index (χ4n) is 0.729. The van der Waals surface area contributed by atoms with Crippen LogP contribution in [0, 0.1) is 10.1 Å². The lowest BCUT2D eigenvalue weighted by Crippen LogP contribution is -2.34. The molecule has 1 aromatic heterocycles. The van der Waals surface area contributed by atoms with Crippen LogP contribution in [0.1, 0.15) is 0 Å². The maximum absolute atomic E-state index is 12.6. The average Bonchev–Trinajstić information content (AvgIpc) is 2.01. The molecule has 6 nitrogen and oxygen atoms in total. The van der Waals surface area contributed by atoms with Crippen LogP contribution >= 0.6 is 11.6 Å². The SMILES string of the molecule is NC(F)(Cl)Oc1ncccc1[N+](=O)[O-]. The van der Waals surface area contributed by atoms with Gasteiger partial charge in [0, 0.05) is 12.3 Å². The Kier molecular flexibility index (Phi) is 2.82. The number of pyridine rings is 1. The molecule has 0 radical (unpaired) electrons. The molecular weight excluding hydrogens is 217 g/mol. The van der Waals surface area contributed by atoms with E-state index in [-0.39, 0.29) is 0 Å². The molecule has 0 aliphatic rings. The van der Waals surface area contributed by atoms with Crippen LogP contribution in [-0.2, 0) is 0 Å². The lowest BCUT2D eigenvalue weighted by atomic mass is 10.4. The molecule has 0 aliphatic carbocycles. The highest BCUT2D eigenvalue weighted by Crippen LogP contribution is 2.26. The van der Waals surface area contributed by atoms with Gasteiger partial charge in [-0.05, 0) is 17.7 Å². The summed E-state index contributed by atoms with van der Waals surface area (Å²) >= 11 is 4.87. The van der Waals surface area contributed by atoms with Gasteiger partial charge in [-0.2, -0.15) is 4.39 Å². The van der Waals surface area contributed by atoms with Gasteiger partial charge in [-0.3, -0.25) is 15.8 Å². The Morgan fingerprint density at radius 2 is 2.43 bits per heavy atom. The summed E-state index contributed by atoms with van der Waals surface area (Å²) < 4.78 is 16.8. The Bertz CT molecular complexity index is 354. The van der Waals surface area contributed by atoms with Crippen molar-refractivity contribution in [3.8, 4) is 5.88 Å². The first kappa shape index (κ1) is 10.6. The second kappa shape index (κ2) is 3.72. The highest BCUT2D eigenvalue weighted by molar-refractivity contribution is 6.21. The molecule has 0 saturated heterocycles. The van der Waals surface area contributed by atoms with Gasteiger partial charge in [0.05, 0.1) is 4.92 Å². The second-order valence-corrected chi connectivity index (χ2v) is 2.76. The monoisotopic (exact) mass is 221 g/mol. The summed E-state index contributed by atoms with van der Waals surface area (Å²) in [4.78, 5) is 13.0. The summed E-state index contributed by atoms with van der Waals surface area (Å²) in [5, 5.41) is 10.4. The summed E-state index contributed by atoms with van der Waals surface area (Å²) in [6.07, 6.45) is 1.19. The van der Waals surface area contributed by atoms with Gasteiger partial charge in [0.2, 0.25) is 0 Å². The number of nitrogens with two attached hydrogens (primary N) is 1. The van der Waals surface area contributed by atoms with Crippen molar-refractivity contribution in [1.29, 1.82) is 0 Å². The van der Waals surface area contributed by atoms with E-state index in [4.69, 9.17) is 11.6 Å². The number of alkyl halides is 2. The van der Waals surface area contributed by atoms with E-state index in [1.54, 1.807) is 0 Å². The van der Waals surface area contributed by atoms with Gasteiger partial charge in [0.1, 0.15) is 0 Å². The Morgan fingerprint density at radius 3 is 2.93 bits per heavy atom. The number of rotatable bonds is 3. The first-order valence-electron chi connectivity index (χ1n) is 3.35. The zero-order valence-corrected chi connectivity index (χ0v) is 7.44. The molecule has 1 atom stereocenters. The molecule has 0 bridgehead atoms. The van der Waals surface area contributed by atoms with Crippen molar-refractivity contribution in [2.24, 2.45) is 5.73 Å². The van der Waals surface area contributed by atoms with Crippen molar-refractivity contribution in [3.63, 3.8) is 0 Å². The number of halogens is 2. The predicted octanol–water partition coefficient (Wildman–Crippen LogP) is 1.15. The van der Waals surface area contributed by atoms with E-state index in [0.29, 0.717) is 0 Å². The quantitative estimate of drug-likeness (QED) is 0.272. The lowest BCUT2D eigenvalue weighted by molar-refractivity contribution is -0.386. The maximum Gasteiger partial charge on any atom is 0.390 e. The Labute approximate surface area is 82.6 Å². The predicted molar refractivity (Wildman–Crippen MR) is 45.4 cm³/mol. The molecule has 14 heavy (non-hydrogen) atoms. The van der Waals surface area contributed by atoms with Crippen LogP contribution in [0.4, 0.5) is 10.1 Å². The van der Waals surface area contributed by atoms with Gasteiger partial charge < -0.3 is 4.74 Å². The molecule has 1 aromatic rings. The van der Waals surface area contributed by atoms with Crippen LogP contribution in [-0.4, -0.2) is 15.3 Å². The third-order valence-electron chi connectivity index (χ3n) is 1.18. The summed E-state index contributed by atoms with van der Waals surface area (Å²) in [5.74, 6) is -0.572. The molecule has 8 heteroatoms. The lowest BCUT2D eigenvalue weighted by Gasteiger charge is -2.12. The molecule has 76 valence electrons. The summed E-state index contributed by atoms with van der Waals surface area (Å²) in [7, 11) is 0. The van der Waals surface area contributed by atoms with Crippen molar-refractivity contribution in [2.75, 3.05) is 0 Å². The first-order valence-corrected chi connectivity index (χ1v) is 3.73. The van der Waals surface area contributed by atoms with Crippen LogP contribution in [0.3, 0.4) is 0 Å². The minimum atomic E-state index is -3.01. The maximum atomic E-state index is 12.6. The largest absolute Gasteiger partial charge is 0.409 e. The zero-order chi connectivity index (χ0) is 10.8. The van der Waals surface area contributed by atoms with Gasteiger partial charge in [-0.15, -0.1) is 0 Å². The first-order chi connectivity index (χ1) is 6.40. The fraction of sp³-hybridized carbons (Fsp3) is 0.167. The zero-order valence-electron chi connectivity index (χ0n) is 6.68. The third-order valence-corrected chi connectivity index (χ3v) is 1.26. The smallest absolute Gasteiger partial charge is 0.390 e. The number of hydrogen-bond donors (Lipinski definition) is 1. The van der Waals surface area contributed by atoms with E-state index in [1.165, 1.54) is 12.3 Å². The summed E-state index contributed by atoms with van der Waals surface area (Å²) in [5.41, 5.74) is 1.12. The fourth-order valence-corrected chi connectivity index (χ4v) is 0.802. The van der Waals surface area contributed by atoms with Crippen molar-refractivity contribution in [1.82, 2.24) is 4.98 Å². The molecule has 0 saturated carbocycles. The van der Waals surface area contributed by atoms with E-state index >= 15 is 0 Å². The minimum Gasteiger partial charge on any atom is -0.409 e. The summed E-state index contributed by atoms with van der Waals surface area (Å²) in [6.45, 7) is 0. The molecule has 1 heterocycles. The van der Waals surface area contributed by atoms with Crippen LogP contribution < -0.4 is 10.5 Å². The number of nitro groups is 1. The molecule has 0 spiro atoms. The van der Waals surface area contributed by atoms with Gasteiger partial charge in [-0.1, -0.05) is 0 Å². The van der Waals surface area contributed by atoms with Crippen LogP contribution in [0.15, 0.2) is 18.3 Å². The topological polar surface area (TPSA) is 91.3 Å². The van der Waals surface area contributed by atoms with Gasteiger partial charge in [0.25, 0.3) is 5.88 Å². The van der Waals surface area contributed by atoms with Crippen LogP contribution in [0.2, 0.25) is 0 Å². The van der Waals surface area contributed by atoms with E-state index in [2.05, 4.69) is 15.5 Å². The molecule has 0 amide bonds. The Hall–Kier alpha value is -1.47. The van der Waals surface area contributed by atoms with E-state index in [1.807, 2.05) is 0 Å². The number of aromatic nitrogens is 1. The molecule has 0 aromatic carbocycles. The average molecular weight is 222 g/mol. The second-order valence-electron chi connectivity index (χ2n) is 2.25. The van der Waals surface area contributed by atoms with Crippen LogP contribution in [0.5, 0.6) is 5.88 Å². The van der Waals surface area contributed by atoms with E-state index in [0.717, 1.165) is 6.07 Å². The number of ether oxygens (including phenoxy) is 1. The molecular formula is C6H5ClFN3O3. The Morgan fingerprint density at radius 1 is 1.79 bits per heavy atom. The van der Waals surface area contributed by atoms with Gasteiger partial charge in [0.15, 0.2) is 0 Å². The number of hydrogen-bond acceptors (Lipinski definition) is 5. The molecule has 0 aliphatic heterocycles. The van der Waals surface area contributed by atoms with Crippen molar-refractivity contribution in [3.05, 3.63) is 28.4 Å². The molecule has 1 unspecified atom stereocenters. The highest BCUT2D eigenvalue weighted by Gasteiger charge is 2.27. The standard InChI is InChI=1S/C6H5ClFN3O3/c7-6(8,9)14-5-4(11(12)13)2-1-3-10-5/h1-3H,9H2. The summed E-state index contributed by atoms with van der Waals surface area (Å²) in [6, 6.07) is 2.39. The Balaban J connectivity index is 3.02. The van der Waals surface area contributed by atoms with E-state index < -0.39 is 21.9 Å². The highest BCUT2D eigenvalue weighted by atomic mass is 35.5. The van der Waals surface area contributed by atoms with Crippen LogP contribution in [0.25, 0.3) is 0 Å². The van der Waals surface area contributed by atoms with Gasteiger partial charge >= 0.3 is 11.1 Å². The third kappa shape index (κ3) is 2.79. The number of nitrogens with zero attached hydrogens (tertiary/aromatic N) is 2. The molecule has 0 fully saturated rings. The molecule has 2 N–H and O–H groups in total. The minimum absolute atomic E-state index is 0.513. The van der Waals surface area contributed by atoms with Gasteiger partial charge in [-0.25, -0.2) is 4.98 Å². The van der Waals surface area contributed by atoms with Crippen molar-refractivity contribution >= 4 is 17.3 Å². The van der Waals surface area contributed by atoms with Crippen molar-refractivity contribution < 1.29 is 14.1 Å². The normalized spacial score (nSPS) is 14.5. The van der Waals surface area contributed by atoms with Crippen molar-refractivity contribution in [2.45, 2.75) is 5.44 Å².